The van der Waals surface area contributed by atoms with E-state index in [4.69, 9.17) is 4.74 Å². The van der Waals surface area contributed by atoms with Gasteiger partial charge >= 0.3 is 5.97 Å². The van der Waals surface area contributed by atoms with E-state index < -0.39 is 5.97 Å². The zero-order valence-electron chi connectivity index (χ0n) is 16.0. The molecule has 1 fully saturated rings. The third-order valence-corrected chi connectivity index (χ3v) is 5.54. The molecule has 1 N–H and O–H groups in total. The molecule has 2 heterocycles. The Morgan fingerprint density at radius 2 is 1.79 bits per heavy atom. The van der Waals surface area contributed by atoms with Crippen molar-refractivity contribution in [2.75, 3.05) is 25.0 Å². The number of carbonyl (C=O) groups is 3. The molecule has 0 spiro atoms. The van der Waals surface area contributed by atoms with Gasteiger partial charge in [-0.1, -0.05) is 19.9 Å². The zero-order chi connectivity index (χ0) is 20.1. The Labute approximate surface area is 168 Å². The van der Waals surface area contributed by atoms with Gasteiger partial charge < -0.3 is 15.0 Å². The summed E-state index contributed by atoms with van der Waals surface area (Å²) < 4.78 is 5.18. The van der Waals surface area contributed by atoms with Gasteiger partial charge in [-0.05, 0) is 54.0 Å². The lowest BCUT2D eigenvalue weighted by Gasteiger charge is -2.34. The Morgan fingerprint density at radius 3 is 2.39 bits per heavy atom. The van der Waals surface area contributed by atoms with Crippen LogP contribution in [-0.4, -0.2) is 42.4 Å². The van der Waals surface area contributed by atoms with Crippen LogP contribution in [0.3, 0.4) is 0 Å². The molecule has 0 unspecified atom stereocenters. The van der Waals surface area contributed by atoms with E-state index in [1.54, 1.807) is 35.2 Å². The van der Waals surface area contributed by atoms with E-state index in [1.807, 2.05) is 11.4 Å². The molecular formula is C21H24N2O4S. The molecule has 2 atom stereocenters. The first-order chi connectivity index (χ1) is 13.4. The number of thiophene rings is 1. The van der Waals surface area contributed by atoms with Crippen molar-refractivity contribution in [2.45, 2.75) is 20.3 Å². The molecule has 0 aliphatic carbocycles. The van der Waals surface area contributed by atoms with Crippen LogP contribution in [0.1, 0.15) is 40.3 Å². The van der Waals surface area contributed by atoms with Crippen LogP contribution < -0.4 is 5.32 Å². The molecule has 1 aliphatic rings. The minimum atomic E-state index is -0.553. The molecule has 1 saturated heterocycles. The third-order valence-electron chi connectivity index (χ3n) is 4.67. The molecule has 148 valence electrons. The summed E-state index contributed by atoms with van der Waals surface area (Å²) in [6.07, 6.45) is 1.11. The van der Waals surface area contributed by atoms with Gasteiger partial charge in [-0.2, -0.15) is 0 Å². The van der Waals surface area contributed by atoms with Crippen molar-refractivity contribution >= 4 is 34.8 Å². The van der Waals surface area contributed by atoms with Crippen molar-refractivity contribution in [3.05, 3.63) is 52.2 Å². The predicted octanol–water partition coefficient (Wildman–Crippen LogP) is 3.66. The van der Waals surface area contributed by atoms with Crippen LogP contribution in [0.4, 0.5) is 5.69 Å². The summed E-state index contributed by atoms with van der Waals surface area (Å²) in [6, 6.07) is 9.97. The summed E-state index contributed by atoms with van der Waals surface area (Å²) in [5.41, 5.74) is 0.921. The monoisotopic (exact) mass is 400 g/mol. The first kappa shape index (κ1) is 20.1. The van der Waals surface area contributed by atoms with Gasteiger partial charge in [0.1, 0.15) is 0 Å². The predicted molar refractivity (Wildman–Crippen MR) is 109 cm³/mol. The lowest BCUT2D eigenvalue weighted by Crippen LogP contribution is -2.44. The molecule has 0 saturated carbocycles. The lowest BCUT2D eigenvalue weighted by atomic mass is 9.92. The SMILES string of the molecule is C[C@@H]1C[C@@H](C)CN(C(=O)COC(=O)c2ccc(NC(=O)c3cccs3)cc2)C1. The number of amides is 2. The quantitative estimate of drug-likeness (QED) is 0.777. The summed E-state index contributed by atoms with van der Waals surface area (Å²) >= 11 is 1.36. The Hall–Kier alpha value is -2.67. The molecule has 1 aromatic heterocycles. The number of anilines is 1. The van der Waals surface area contributed by atoms with Crippen LogP contribution in [0.2, 0.25) is 0 Å². The van der Waals surface area contributed by atoms with Gasteiger partial charge in [-0.25, -0.2) is 4.79 Å². The molecule has 6 nitrogen and oxygen atoms in total. The van der Waals surface area contributed by atoms with Crippen LogP contribution in [0.25, 0.3) is 0 Å². The number of esters is 1. The summed E-state index contributed by atoms with van der Waals surface area (Å²) in [4.78, 5) is 38.9. The number of likely N-dealkylation sites (tertiary alicyclic amines) is 1. The summed E-state index contributed by atoms with van der Waals surface area (Å²) in [5.74, 6) is 0.00995. The Balaban J connectivity index is 1.50. The summed E-state index contributed by atoms with van der Waals surface area (Å²) in [6.45, 7) is 5.41. The fourth-order valence-corrected chi connectivity index (χ4v) is 4.08. The maximum Gasteiger partial charge on any atom is 0.338 e. The molecule has 7 heteroatoms. The molecule has 0 radical (unpaired) electrons. The van der Waals surface area contributed by atoms with Crippen molar-refractivity contribution in [1.82, 2.24) is 4.90 Å². The second kappa shape index (κ2) is 9.01. The van der Waals surface area contributed by atoms with Crippen molar-refractivity contribution in [3.8, 4) is 0 Å². The molecule has 2 aromatic rings. The highest BCUT2D eigenvalue weighted by Gasteiger charge is 2.26. The number of nitrogens with one attached hydrogen (secondary N) is 1. The lowest BCUT2D eigenvalue weighted by molar-refractivity contribution is -0.137. The van der Waals surface area contributed by atoms with E-state index in [0.717, 1.165) is 6.42 Å². The Morgan fingerprint density at radius 1 is 1.11 bits per heavy atom. The summed E-state index contributed by atoms with van der Waals surface area (Å²) in [7, 11) is 0. The van der Waals surface area contributed by atoms with Crippen molar-refractivity contribution in [1.29, 1.82) is 0 Å². The Bertz CT molecular complexity index is 823. The highest BCUT2D eigenvalue weighted by Crippen LogP contribution is 2.21. The van der Waals surface area contributed by atoms with Crippen LogP contribution in [0.15, 0.2) is 41.8 Å². The van der Waals surface area contributed by atoms with E-state index in [-0.39, 0.29) is 18.4 Å². The number of hydrogen-bond donors (Lipinski definition) is 1. The molecule has 1 aliphatic heterocycles. The maximum absolute atomic E-state index is 12.3. The zero-order valence-corrected chi connectivity index (χ0v) is 16.8. The van der Waals surface area contributed by atoms with Crippen LogP contribution >= 0.6 is 11.3 Å². The van der Waals surface area contributed by atoms with Gasteiger partial charge in [0.15, 0.2) is 6.61 Å². The van der Waals surface area contributed by atoms with Crippen LogP contribution in [-0.2, 0) is 9.53 Å². The van der Waals surface area contributed by atoms with Crippen molar-refractivity contribution < 1.29 is 19.1 Å². The van der Waals surface area contributed by atoms with Gasteiger partial charge in [0, 0.05) is 18.8 Å². The molecule has 3 rings (SSSR count). The number of hydrogen-bond acceptors (Lipinski definition) is 5. The van der Waals surface area contributed by atoms with E-state index in [1.165, 1.54) is 11.3 Å². The largest absolute Gasteiger partial charge is 0.452 e. The second-order valence-electron chi connectivity index (χ2n) is 7.33. The summed E-state index contributed by atoms with van der Waals surface area (Å²) in [5, 5.41) is 4.60. The van der Waals surface area contributed by atoms with Gasteiger partial charge in [0.2, 0.25) is 0 Å². The number of rotatable bonds is 5. The second-order valence-corrected chi connectivity index (χ2v) is 8.28. The van der Waals surface area contributed by atoms with Crippen molar-refractivity contribution in [3.63, 3.8) is 0 Å². The molecular weight excluding hydrogens is 376 g/mol. The van der Waals surface area contributed by atoms with Crippen molar-refractivity contribution in [2.24, 2.45) is 11.8 Å². The van der Waals surface area contributed by atoms with E-state index in [2.05, 4.69) is 19.2 Å². The minimum Gasteiger partial charge on any atom is -0.452 e. The van der Waals surface area contributed by atoms with Gasteiger partial charge in [0.25, 0.3) is 11.8 Å². The molecule has 28 heavy (non-hydrogen) atoms. The molecule has 2 amide bonds. The highest BCUT2D eigenvalue weighted by molar-refractivity contribution is 7.12. The van der Waals surface area contributed by atoms with E-state index in [9.17, 15) is 14.4 Å². The number of piperidine rings is 1. The highest BCUT2D eigenvalue weighted by atomic mass is 32.1. The van der Waals surface area contributed by atoms with Gasteiger partial charge in [-0.3, -0.25) is 9.59 Å². The average Bonchev–Trinajstić information content (AvgIpc) is 3.20. The fourth-order valence-electron chi connectivity index (χ4n) is 3.46. The Kier molecular flexibility index (Phi) is 6.46. The van der Waals surface area contributed by atoms with Crippen LogP contribution in [0.5, 0.6) is 0 Å². The number of nitrogens with zero attached hydrogens (tertiary/aromatic N) is 1. The van der Waals surface area contributed by atoms with E-state index in [0.29, 0.717) is 41.1 Å². The topological polar surface area (TPSA) is 75.7 Å². The van der Waals surface area contributed by atoms with Gasteiger partial charge in [-0.15, -0.1) is 11.3 Å². The third kappa shape index (κ3) is 5.19. The standard InChI is InChI=1S/C21H24N2O4S/c1-14-10-15(2)12-23(11-14)19(24)13-27-21(26)16-5-7-17(8-6-16)22-20(25)18-4-3-9-28-18/h3-9,14-15H,10-13H2,1-2H3,(H,22,25)/t14-,15-/m1/s1. The van der Waals surface area contributed by atoms with E-state index >= 15 is 0 Å². The number of ether oxygens (including phenoxy) is 1. The maximum atomic E-state index is 12.3. The van der Waals surface area contributed by atoms with Crippen LogP contribution in [0, 0.1) is 11.8 Å². The number of carbonyl (C=O) groups excluding carboxylic acids is 3. The molecule has 0 bridgehead atoms. The van der Waals surface area contributed by atoms with Gasteiger partial charge in [0.05, 0.1) is 10.4 Å². The smallest absolute Gasteiger partial charge is 0.338 e. The molecule has 1 aromatic carbocycles. The first-order valence-corrected chi connectivity index (χ1v) is 10.2. The number of benzene rings is 1. The minimum absolute atomic E-state index is 0.161. The first-order valence-electron chi connectivity index (χ1n) is 9.32. The fraction of sp³-hybridized carbons (Fsp3) is 0.381. The normalized spacial score (nSPS) is 19.1. The average molecular weight is 401 g/mol.